The highest BCUT2D eigenvalue weighted by molar-refractivity contribution is 7.80. The summed E-state index contributed by atoms with van der Waals surface area (Å²) in [5.41, 5.74) is 6.97. The van der Waals surface area contributed by atoms with Crippen LogP contribution < -0.4 is 5.73 Å². The molecule has 5 heteroatoms. The Labute approximate surface area is 123 Å². The van der Waals surface area contributed by atoms with Gasteiger partial charge in [-0.3, -0.25) is 4.79 Å². The summed E-state index contributed by atoms with van der Waals surface area (Å²) in [7, 11) is 0. The van der Waals surface area contributed by atoms with Crippen LogP contribution in [0.2, 0.25) is 0 Å². The molecular formula is C15H19FN2OS. The van der Waals surface area contributed by atoms with E-state index < -0.39 is 0 Å². The number of thiocarbonyl (C=S) groups is 1. The number of carbonyl (C=O) groups excluding carboxylic acids is 1. The Morgan fingerprint density at radius 3 is 2.80 bits per heavy atom. The third-order valence-electron chi connectivity index (χ3n) is 3.88. The first kappa shape index (κ1) is 14.9. The molecule has 1 aliphatic heterocycles. The summed E-state index contributed by atoms with van der Waals surface area (Å²) in [6.07, 6.45) is 0.565. The monoisotopic (exact) mass is 294 g/mol. The van der Waals surface area contributed by atoms with E-state index >= 15 is 0 Å². The Morgan fingerprint density at radius 2 is 2.25 bits per heavy atom. The third-order valence-corrected chi connectivity index (χ3v) is 4.10. The number of hydrogen-bond donors (Lipinski definition) is 1. The summed E-state index contributed by atoms with van der Waals surface area (Å²) in [6, 6.07) is 4.32. The Bertz CT molecular complexity index is 545. The summed E-state index contributed by atoms with van der Waals surface area (Å²) < 4.78 is 13.4. The number of likely N-dealkylation sites (tertiary alicyclic amines) is 1. The maximum absolute atomic E-state index is 13.4. The molecule has 1 unspecified atom stereocenters. The van der Waals surface area contributed by atoms with Crippen molar-refractivity contribution in [2.75, 3.05) is 6.54 Å². The van der Waals surface area contributed by atoms with Gasteiger partial charge >= 0.3 is 0 Å². The largest absolute Gasteiger partial charge is 0.389 e. The highest BCUT2D eigenvalue weighted by atomic mass is 32.1. The normalized spacial score (nSPS) is 18.9. The number of hydrogen-bond acceptors (Lipinski definition) is 2. The van der Waals surface area contributed by atoms with Crippen molar-refractivity contribution in [3.8, 4) is 0 Å². The fourth-order valence-corrected chi connectivity index (χ4v) is 2.74. The molecule has 1 heterocycles. The maximum Gasteiger partial charge on any atom is 0.223 e. The highest BCUT2D eigenvalue weighted by Gasteiger charge is 2.31. The number of carbonyl (C=O) groups is 1. The van der Waals surface area contributed by atoms with Gasteiger partial charge in [0.05, 0.1) is 0 Å². The van der Waals surface area contributed by atoms with Gasteiger partial charge in [-0.15, -0.1) is 0 Å². The number of benzene rings is 1. The lowest BCUT2D eigenvalue weighted by molar-refractivity contribution is -0.128. The van der Waals surface area contributed by atoms with Gasteiger partial charge in [0.25, 0.3) is 0 Å². The fourth-order valence-electron chi connectivity index (χ4n) is 2.54. The van der Waals surface area contributed by atoms with Gasteiger partial charge in [0.2, 0.25) is 5.91 Å². The van der Waals surface area contributed by atoms with Crippen LogP contribution in [0.4, 0.5) is 4.39 Å². The van der Waals surface area contributed by atoms with Gasteiger partial charge in [-0.1, -0.05) is 26.1 Å². The smallest absolute Gasteiger partial charge is 0.223 e. The van der Waals surface area contributed by atoms with Crippen LogP contribution in [0.15, 0.2) is 18.2 Å². The minimum Gasteiger partial charge on any atom is -0.389 e. The summed E-state index contributed by atoms with van der Waals surface area (Å²) in [5, 5.41) is 0. The molecule has 20 heavy (non-hydrogen) atoms. The zero-order chi connectivity index (χ0) is 14.9. The Balaban J connectivity index is 2.20. The first-order valence-corrected chi connectivity index (χ1v) is 7.15. The lowest BCUT2D eigenvalue weighted by Gasteiger charge is -2.19. The molecule has 0 bridgehead atoms. The van der Waals surface area contributed by atoms with Crippen LogP contribution in [0.25, 0.3) is 0 Å². The summed E-state index contributed by atoms with van der Waals surface area (Å²) in [5.74, 6) is 0.602. The Hall–Kier alpha value is -1.49. The third kappa shape index (κ3) is 3.15. The van der Waals surface area contributed by atoms with E-state index in [1.54, 1.807) is 11.0 Å². The zero-order valence-electron chi connectivity index (χ0n) is 11.7. The van der Waals surface area contributed by atoms with Crippen molar-refractivity contribution >= 4 is 23.1 Å². The molecule has 1 fully saturated rings. The highest BCUT2D eigenvalue weighted by Crippen LogP contribution is 2.27. The number of halogens is 1. The van der Waals surface area contributed by atoms with Gasteiger partial charge in [0.15, 0.2) is 0 Å². The van der Waals surface area contributed by atoms with Gasteiger partial charge in [-0.2, -0.15) is 0 Å². The molecule has 0 aliphatic carbocycles. The molecule has 1 aromatic carbocycles. The quantitative estimate of drug-likeness (QED) is 0.868. The van der Waals surface area contributed by atoms with Crippen LogP contribution in [0.1, 0.15) is 31.4 Å². The molecule has 0 radical (unpaired) electrons. The molecule has 108 valence electrons. The van der Waals surface area contributed by atoms with Gasteiger partial charge in [-0.05, 0) is 35.6 Å². The van der Waals surface area contributed by atoms with Crippen LogP contribution >= 0.6 is 12.2 Å². The predicted octanol–water partition coefficient (Wildman–Crippen LogP) is 2.46. The topological polar surface area (TPSA) is 46.3 Å². The molecule has 1 aromatic rings. The first-order valence-electron chi connectivity index (χ1n) is 6.74. The molecule has 0 aromatic heterocycles. The molecule has 0 spiro atoms. The van der Waals surface area contributed by atoms with Crippen molar-refractivity contribution in [2.45, 2.75) is 26.8 Å². The van der Waals surface area contributed by atoms with Crippen molar-refractivity contribution < 1.29 is 9.18 Å². The second-order valence-corrected chi connectivity index (χ2v) is 6.09. The minimum atomic E-state index is -0.341. The standard InChI is InChI=1S/C15H19FN2OS/c1-9(2)10-6-14(19)18(7-10)8-11-5-12(16)3-4-13(11)15(17)20/h3-5,9-10H,6-8H2,1-2H3,(H2,17,20). The molecule has 1 aliphatic rings. The average molecular weight is 294 g/mol. The second kappa shape index (κ2) is 5.87. The average Bonchev–Trinajstić information content (AvgIpc) is 2.71. The van der Waals surface area contributed by atoms with Gasteiger partial charge in [0, 0.05) is 25.1 Å². The molecule has 2 rings (SSSR count). The van der Waals surface area contributed by atoms with Crippen molar-refractivity contribution in [3.63, 3.8) is 0 Å². The molecule has 2 N–H and O–H groups in total. The summed E-state index contributed by atoms with van der Waals surface area (Å²) in [4.78, 5) is 14.0. The SMILES string of the molecule is CC(C)C1CC(=O)N(Cc2cc(F)ccc2C(N)=S)C1. The van der Waals surface area contributed by atoms with E-state index in [1.807, 2.05) is 0 Å². The van der Waals surface area contributed by atoms with Crippen LogP contribution in [0.3, 0.4) is 0 Å². The van der Waals surface area contributed by atoms with E-state index in [1.165, 1.54) is 12.1 Å². The molecule has 1 amide bonds. The second-order valence-electron chi connectivity index (χ2n) is 5.65. The van der Waals surface area contributed by atoms with E-state index in [0.717, 1.165) is 0 Å². The lowest BCUT2D eigenvalue weighted by atomic mass is 9.95. The molecule has 3 nitrogen and oxygen atoms in total. The number of nitrogens with zero attached hydrogens (tertiary/aromatic N) is 1. The number of amides is 1. The molecular weight excluding hydrogens is 275 g/mol. The van der Waals surface area contributed by atoms with E-state index in [0.29, 0.717) is 42.5 Å². The van der Waals surface area contributed by atoms with Gasteiger partial charge in [-0.25, -0.2) is 4.39 Å². The van der Waals surface area contributed by atoms with E-state index in [4.69, 9.17) is 18.0 Å². The number of rotatable bonds is 4. The molecule has 1 atom stereocenters. The minimum absolute atomic E-state index is 0.113. The lowest BCUT2D eigenvalue weighted by Crippen LogP contribution is -2.27. The summed E-state index contributed by atoms with van der Waals surface area (Å²) in [6.45, 7) is 5.31. The Kier molecular flexibility index (Phi) is 4.38. The van der Waals surface area contributed by atoms with Crippen molar-refractivity contribution in [1.82, 2.24) is 4.90 Å². The fraction of sp³-hybridized carbons (Fsp3) is 0.467. The van der Waals surface area contributed by atoms with Crippen LogP contribution in [0, 0.1) is 17.7 Å². The summed E-state index contributed by atoms with van der Waals surface area (Å²) >= 11 is 4.98. The molecule has 0 saturated carbocycles. The van der Waals surface area contributed by atoms with Crippen molar-refractivity contribution in [1.29, 1.82) is 0 Å². The molecule has 1 saturated heterocycles. The van der Waals surface area contributed by atoms with E-state index in [2.05, 4.69) is 13.8 Å². The van der Waals surface area contributed by atoms with E-state index in [9.17, 15) is 9.18 Å². The van der Waals surface area contributed by atoms with Crippen molar-refractivity contribution in [2.24, 2.45) is 17.6 Å². The van der Waals surface area contributed by atoms with Crippen molar-refractivity contribution in [3.05, 3.63) is 35.1 Å². The first-order chi connectivity index (χ1) is 9.38. The van der Waals surface area contributed by atoms with Crippen LogP contribution in [0.5, 0.6) is 0 Å². The Morgan fingerprint density at radius 1 is 1.55 bits per heavy atom. The van der Waals surface area contributed by atoms with Crippen LogP contribution in [-0.2, 0) is 11.3 Å². The van der Waals surface area contributed by atoms with Gasteiger partial charge in [0.1, 0.15) is 10.8 Å². The van der Waals surface area contributed by atoms with Gasteiger partial charge < -0.3 is 10.6 Å². The predicted molar refractivity (Wildman–Crippen MR) is 80.6 cm³/mol. The zero-order valence-corrected chi connectivity index (χ0v) is 12.5. The van der Waals surface area contributed by atoms with E-state index in [-0.39, 0.29) is 16.7 Å². The van der Waals surface area contributed by atoms with Crippen LogP contribution in [-0.4, -0.2) is 22.3 Å². The number of nitrogens with two attached hydrogens (primary N) is 1. The maximum atomic E-state index is 13.4.